The minimum atomic E-state index is -0.324. The predicted octanol–water partition coefficient (Wildman–Crippen LogP) is 3.14. The Morgan fingerprint density at radius 2 is 2.27 bits per heavy atom. The molecule has 0 unspecified atom stereocenters. The number of nitrogens with zero attached hydrogens (tertiary/aromatic N) is 2. The van der Waals surface area contributed by atoms with E-state index in [4.69, 9.17) is 12.2 Å². The van der Waals surface area contributed by atoms with Crippen molar-refractivity contribution in [2.24, 2.45) is 0 Å². The fraction of sp³-hybridized carbons (Fsp3) is 0.111. The van der Waals surface area contributed by atoms with Crippen LogP contribution in [-0.4, -0.2) is 14.8 Å². The van der Waals surface area contributed by atoms with E-state index in [1.807, 2.05) is 0 Å². The lowest BCUT2D eigenvalue weighted by Crippen LogP contribution is -1.97. The van der Waals surface area contributed by atoms with E-state index >= 15 is 0 Å². The number of aryl methyl sites for hydroxylation is 1. The monoisotopic (exact) mass is 287 g/mol. The fourth-order valence-corrected chi connectivity index (χ4v) is 1.83. The number of nitrogens with one attached hydrogen (secondary N) is 1. The molecule has 0 aliphatic heterocycles. The summed E-state index contributed by atoms with van der Waals surface area (Å²) in [5.74, 6) is 0.372. The van der Waals surface area contributed by atoms with Gasteiger partial charge in [-0.25, -0.2) is 4.39 Å². The van der Waals surface area contributed by atoms with Crippen LogP contribution in [0, 0.1) is 17.5 Å². The van der Waals surface area contributed by atoms with Crippen LogP contribution >= 0.6 is 28.1 Å². The quantitative estimate of drug-likeness (QED) is 0.818. The molecular weight excluding hydrogens is 281 g/mol. The second-order valence-electron chi connectivity index (χ2n) is 3.01. The summed E-state index contributed by atoms with van der Waals surface area (Å²) in [6.07, 6.45) is 0. The highest BCUT2D eigenvalue weighted by atomic mass is 79.9. The SMILES string of the molecule is Cc1n[nH]c(=S)n1-c1ccc(Br)c(F)c1. The average Bonchev–Trinajstić information content (AvgIpc) is 2.52. The lowest BCUT2D eigenvalue weighted by atomic mass is 10.3. The highest BCUT2D eigenvalue weighted by Crippen LogP contribution is 2.19. The zero-order valence-electron chi connectivity index (χ0n) is 7.79. The number of rotatable bonds is 1. The van der Waals surface area contributed by atoms with Crippen molar-refractivity contribution in [3.05, 3.63) is 39.1 Å². The van der Waals surface area contributed by atoms with Gasteiger partial charge in [0.1, 0.15) is 11.6 Å². The van der Waals surface area contributed by atoms with E-state index < -0.39 is 0 Å². The van der Waals surface area contributed by atoms with Gasteiger partial charge in [0.25, 0.3) is 0 Å². The number of aromatic amines is 1. The molecule has 0 aliphatic carbocycles. The Kier molecular flexibility index (Phi) is 2.70. The van der Waals surface area contributed by atoms with Crippen molar-refractivity contribution in [1.82, 2.24) is 14.8 Å². The van der Waals surface area contributed by atoms with Crippen LogP contribution in [0.15, 0.2) is 22.7 Å². The van der Waals surface area contributed by atoms with Crippen LogP contribution in [0.25, 0.3) is 5.69 Å². The van der Waals surface area contributed by atoms with Crippen molar-refractivity contribution in [2.45, 2.75) is 6.92 Å². The Morgan fingerprint density at radius 3 is 2.80 bits per heavy atom. The summed E-state index contributed by atoms with van der Waals surface area (Å²) >= 11 is 8.14. The normalized spacial score (nSPS) is 10.6. The molecule has 78 valence electrons. The molecule has 0 spiro atoms. The first kappa shape index (κ1) is 10.5. The summed E-state index contributed by atoms with van der Waals surface area (Å²) in [5.41, 5.74) is 0.659. The van der Waals surface area contributed by atoms with E-state index in [1.54, 1.807) is 23.6 Å². The van der Waals surface area contributed by atoms with Crippen molar-refractivity contribution in [3.8, 4) is 5.69 Å². The Balaban J connectivity index is 2.65. The van der Waals surface area contributed by atoms with Crippen LogP contribution in [0.1, 0.15) is 5.82 Å². The van der Waals surface area contributed by atoms with E-state index in [2.05, 4.69) is 26.1 Å². The molecule has 2 rings (SSSR count). The summed E-state index contributed by atoms with van der Waals surface area (Å²) in [4.78, 5) is 0. The minimum absolute atomic E-state index is 0.324. The zero-order chi connectivity index (χ0) is 11.0. The summed E-state index contributed by atoms with van der Waals surface area (Å²) < 4.78 is 15.9. The molecule has 1 heterocycles. The summed E-state index contributed by atoms with van der Waals surface area (Å²) in [5, 5.41) is 6.61. The van der Waals surface area contributed by atoms with Gasteiger partial charge in [-0.3, -0.25) is 9.67 Å². The van der Waals surface area contributed by atoms with Gasteiger partial charge in [-0.1, -0.05) is 0 Å². The molecule has 0 radical (unpaired) electrons. The van der Waals surface area contributed by atoms with Gasteiger partial charge in [0.15, 0.2) is 4.77 Å². The fourth-order valence-electron chi connectivity index (χ4n) is 1.30. The van der Waals surface area contributed by atoms with E-state index in [0.717, 1.165) is 0 Å². The number of benzene rings is 1. The lowest BCUT2D eigenvalue weighted by Gasteiger charge is -2.04. The third-order valence-corrected chi connectivity index (χ3v) is 2.92. The van der Waals surface area contributed by atoms with Gasteiger partial charge in [-0.2, -0.15) is 5.10 Å². The van der Waals surface area contributed by atoms with Gasteiger partial charge in [0.2, 0.25) is 0 Å². The summed E-state index contributed by atoms with van der Waals surface area (Å²) in [6.45, 7) is 1.80. The zero-order valence-corrected chi connectivity index (χ0v) is 10.2. The summed E-state index contributed by atoms with van der Waals surface area (Å²) in [6, 6.07) is 4.81. The van der Waals surface area contributed by atoms with E-state index in [1.165, 1.54) is 6.07 Å². The number of hydrogen-bond acceptors (Lipinski definition) is 2. The van der Waals surface area contributed by atoms with Gasteiger partial charge in [0, 0.05) is 0 Å². The maximum absolute atomic E-state index is 13.3. The van der Waals surface area contributed by atoms with E-state index in [-0.39, 0.29) is 5.82 Å². The largest absolute Gasteiger partial charge is 0.272 e. The first-order valence-corrected chi connectivity index (χ1v) is 5.39. The highest BCUT2D eigenvalue weighted by molar-refractivity contribution is 9.10. The van der Waals surface area contributed by atoms with Crippen molar-refractivity contribution in [3.63, 3.8) is 0 Å². The first-order valence-electron chi connectivity index (χ1n) is 4.19. The highest BCUT2D eigenvalue weighted by Gasteiger charge is 2.06. The van der Waals surface area contributed by atoms with E-state index in [0.29, 0.717) is 20.8 Å². The molecule has 1 aromatic carbocycles. The summed E-state index contributed by atoms with van der Waals surface area (Å²) in [7, 11) is 0. The molecule has 0 aliphatic rings. The molecule has 0 amide bonds. The molecule has 0 fully saturated rings. The van der Waals surface area contributed by atoms with Crippen molar-refractivity contribution >= 4 is 28.1 Å². The molecule has 1 N–H and O–H groups in total. The third-order valence-electron chi connectivity index (χ3n) is 2.00. The predicted molar refractivity (Wildman–Crippen MR) is 61.1 cm³/mol. The van der Waals surface area contributed by atoms with Gasteiger partial charge in [-0.15, -0.1) is 0 Å². The van der Waals surface area contributed by atoms with Crippen LogP contribution in [0.5, 0.6) is 0 Å². The van der Waals surface area contributed by atoms with Gasteiger partial charge in [0.05, 0.1) is 10.2 Å². The first-order chi connectivity index (χ1) is 7.09. The van der Waals surface area contributed by atoms with Crippen LogP contribution in [0.3, 0.4) is 0 Å². The topological polar surface area (TPSA) is 33.6 Å². The molecule has 0 saturated carbocycles. The standard InChI is InChI=1S/C9H7BrFN3S/c1-5-12-13-9(15)14(5)6-2-3-7(10)8(11)4-6/h2-4H,1H3,(H,13,15). The maximum atomic E-state index is 13.3. The molecule has 1 aromatic heterocycles. The molecule has 0 saturated heterocycles. The molecule has 0 bridgehead atoms. The van der Waals surface area contributed by atoms with Crippen LogP contribution in [0.2, 0.25) is 0 Å². The molecule has 6 heteroatoms. The average molecular weight is 288 g/mol. The van der Waals surface area contributed by atoms with Crippen molar-refractivity contribution in [1.29, 1.82) is 0 Å². The Bertz CT molecular complexity index is 561. The number of aromatic nitrogens is 3. The lowest BCUT2D eigenvalue weighted by molar-refractivity contribution is 0.619. The number of halogens is 2. The van der Waals surface area contributed by atoms with Crippen molar-refractivity contribution in [2.75, 3.05) is 0 Å². The van der Waals surface area contributed by atoms with Crippen molar-refractivity contribution < 1.29 is 4.39 Å². The van der Waals surface area contributed by atoms with Gasteiger partial charge < -0.3 is 0 Å². The second-order valence-corrected chi connectivity index (χ2v) is 4.25. The smallest absolute Gasteiger partial charge is 0.199 e. The molecule has 0 atom stereocenters. The van der Waals surface area contributed by atoms with Crippen LogP contribution < -0.4 is 0 Å². The Hall–Kier alpha value is -1.01. The number of H-pyrrole nitrogens is 1. The van der Waals surface area contributed by atoms with Gasteiger partial charge in [-0.05, 0) is 53.3 Å². The third kappa shape index (κ3) is 1.87. The minimum Gasteiger partial charge on any atom is -0.272 e. The molecule has 2 aromatic rings. The van der Waals surface area contributed by atoms with E-state index in [9.17, 15) is 4.39 Å². The van der Waals surface area contributed by atoms with Crippen LogP contribution in [0.4, 0.5) is 4.39 Å². The molecular formula is C9H7BrFN3S. The Morgan fingerprint density at radius 1 is 1.53 bits per heavy atom. The second kappa shape index (κ2) is 3.86. The maximum Gasteiger partial charge on any atom is 0.199 e. The molecule has 15 heavy (non-hydrogen) atoms. The Labute approximate surface area is 99.1 Å². The van der Waals surface area contributed by atoms with Crippen LogP contribution in [-0.2, 0) is 0 Å². The molecule has 3 nitrogen and oxygen atoms in total. The number of hydrogen-bond donors (Lipinski definition) is 1. The van der Waals surface area contributed by atoms with Gasteiger partial charge >= 0.3 is 0 Å².